The second kappa shape index (κ2) is 10.8. The fraction of sp³-hybridized carbons (Fsp3) is 0.167. The molecule has 0 aliphatic carbocycles. The van der Waals surface area contributed by atoms with Crippen molar-refractivity contribution >= 4 is 28.9 Å². The highest BCUT2D eigenvalue weighted by molar-refractivity contribution is 6.09. The molecule has 0 spiro atoms. The summed E-state index contributed by atoms with van der Waals surface area (Å²) in [4.78, 5) is 41.0. The minimum atomic E-state index is -0.897. The Labute approximate surface area is 233 Å². The maximum absolute atomic E-state index is 14.6. The molecule has 11 heteroatoms. The van der Waals surface area contributed by atoms with Gasteiger partial charge in [0.1, 0.15) is 17.5 Å². The summed E-state index contributed by atoms with van der Waals surface area (Å²) in [6, 6.07) is 15.5. The third-order valence-electron chi connectivity index (χ3n) is 6.84. The van der Waals surface area contributed by atoms with E-state index in [4.69, 9.17) is 5.73 Å². The van der Waals surface area contributed by atoms with Gasteiger partial charge in [-0.25, -0.2) is 27.8 Å². The summed E-state index contributed by atoms with van der Waals surface area (Å²) >= 11 is 0. The quantitative estimate of drug-likeness (QED) is 0.300. The zero-order valence-electron chi connectivity index (χ0n) is 22.6. The van der Waals surface area contributed by atoms with Crippen molar-refractivity contribution in [3.63, 3.8) is 0 Å². The summed E-state index contributed by atoms with van der Waals surface area (Å²) in [5.41, 5.74) is 8.08. The fourth-order valence-corrected chi connectivity index (χ4v) is 4.97. The standard InChI is InChI=1S/C30H26F2N6O3/c1-4-37-26(19-6-8-22(9-7-19)38-17(2)35-36(3)30(38)41)15-20-14-21(31)16-24(27(20)37)29(40)34-12-11-18-5-10-25(32)23(13-18)28(33)39/h5-10,12-16H,4,11H2,1-3H3,(H2,33,39). The SMILES string of the molecule is CCn1c(-c2ccc(-n3c(C)nn(C)c3=O)cc2)cc2cc(F)cc(C(=O)N=CCc3ccc(F)c(C(N)=O)c3)c21. The Kier molecular flexibility index (Phi) is 7.19. The molecule has 2 N–H and O–H groups in total. The number of nitrogens with two attached hydrogens (primary N) is 1. The van der Waals surface area contributed by atoms with E-state index in [1.54, 1.807) is 26.1 Å². The van der Waals surface area contributed by atoms with Crippen LogP contribution in [0, 0.1) is 18.6 Å². The van der Waals surface area contributed by atoms with E-state index in [-0.39, 0.29) is 23.2 Å². The molecule has 0 fully saturated rings. The van der Waals surface area contributed by atoms with Crippen molar-refractivity contribution in [2.75, 3.05) is 0 Å². The van der Waals surface area contributed by atoms with Gasteiger partial charge in [-0.15, -0.1) is 0 Å². The highest BCUT2D eigenvalue weighted by Gasteiger charge is 2.19. The third kappa shape index (κ3) is 5.09. The van der Waals surface area contributed by atoms with Crippen molar-refractivity contribution in [1.82, 2.24) is 18.9 Å². The van der Waals surface area contributed by atoms with Gasteiger partial charge in [0.15, 0.2) is 0 Å². The van der Waals surface area contributed by atoms with Crippen molar-refractivity contribution in [1.29, 1.82) is 0 Å². The Morgan fingerprint density at radius 1 is 1.02 bits per heavy atom. The predicted octanol–water partition coefficient (Wildman–Crippen LogP) is 4.35. The van der Waals surface area contributed by atoms with Gasteiger partial charge in [-0.1, -0.05) is 18.2 Å². The van der Waals surface area contributed by atoms with Crippen LogP contribution in [-0.4, -0.2) is 36.9 Å². The lowest BCUT2D eigenvalue weighted by atomic mass is 10.1. The summed E-state index contributed by atoms with van der Waals surface area (Å²) in [6.07, 6.45) is 1.47. The van der Waals surface area contributed by atoms with Crippen LogP contribution in [0.25, 0.3) is 27.8 Å². The molecular weight excluding hydrogens is 530 g/mol. The Bertz CT molecular complexity index is 1920. The van der Waals surface area contributed by atoms with Gasteiger partial charge < -0.3 is 10.3 Å². The second-order valence-electron chi connectivity index (χ2n) is 9.50. The topological polar surface area (TPSA) is 117 Å². The molecule has 0 aliphatic rings. The van der Waals surface area contributed by atoms with Gasteiger partial charge in [-0.05, 0) is 67.4 Å². The zero-order valence-corrected chi connectivity index (χ0v) is 22.6. The molecule has 0 radical (unpaired) electrons. The molecule has 5 rings (SSSR count). The molecule has 0 saturated carbocycles. The number of benzene rings is 3. The van der Waals surface area contributed by atoms with E-state index in [0.29, 0.717) is 34.5 Å². The maximum atomic E-state index is 14.6. The van der Waals surface area contributed by atoms with Crippen LogP contribution in [0.15, 0.2) is 70.5 Å². The molecule has 0 aliphatic heterocycles. The van der Waals surface area contributed by atoms with E-state index < -0.39 is 23.4 Å². The van der Waals surface area contributed by atoms with E-state index in [0.717, 1.165) is 23.4 Å². The van der Waals surface area contributed by atoms with E-state index in [1.165, 1.54) is 33.7 Å². The summed E-state index contributed by atoms with van der Waals surface area (Å²) in [5.74, 6) is -2.30. The first-order valence-electron chi connectivity index (χ1n) is 12.8. The first-order valence-corrected chi connectivity index (χ1v) is 12.8. The van der Waals surface area contributed by atoms with Gasteiger partial charge in [0.2, 0.25) is 0 Å². The fourth-order valence-electron chi connectivity index (χ4n) is 4.97. The highest BCUT2D eigenvalue weighted by atomic mass is 19.1. The van der Waals surface area contributed by atoms with Crippen LogP contribution < -0.4 is 11.4 Å². The average molecular weight is 557 g/mol. The molecule has 2 amide bonds. The highest BCUT2D eigenvalue weighted by Crippen LogP contribution is 2.32. The largest absolute Gasteiger partial charge is 0.366 e. The number of primary amides is 1. The smallest absolute Gasteiger partial charge is 0.350 e. The Morgan fingerprint density at radius 3 is 2.39 bits per heavy atom. The van der Waals surface area contributed by atoms with Gasteiger partial charge in [-0.3, -0.25) is 9.59 Å². The number of nitrogens with zero attached hydrogens (tertiary/aromatic N) is 5. The first-order chi connectivity index (χ1) is 19.6. The van der Waals surface area contributed by atoms with E-state index >= 15 is 0 Å². The maximum Gasteiger partial charge on any atom is 0.350 e. The predicted molar refractivity (Wildman–Crippen MR) is 152 cm³/mol. The van der Waals surface area contributed by atoms with Crippen molar-refractivity contribution < 1.29 is 18.4 Å². The van der Waals surface area contributed by atoms with Crippen LogP contribution in [0.5, 0.6) is 0 Å². The Hall–Kier alpha value is -5.19. The molecular formula is C30H26F2N6O3. The number of carbonyl (C=O) groups is 2. The summed E-state index contributed by atoms with van der Waals surface area (Å²) in [7, 11) is 1.59. The number of hydrogen-bond donors (Lipinski definition) is 1. The number of fused-ring (bicyclic) bond motifs is 1. The van der Waals surface area contributed by atoms with Gasteiger partial charge in [-0.2, -0.15) is 5.10 Å². The zero-order chi connectivity index (χ0) is 29.4. The molecule has 3 aromatic carbocycles. The van der Waals surface area contributed by atoms with E-state index in [9.17, 15) is 23.2 Å². The molecule has 5 aromatic rings. The molecule has 2 aromatic heterocycles. The van der Waals surface area contributed by atoms with Crippen LogP contribution in [0.2, 0.25) is 0 Å². The van der Waals surface area contributed by atoms with Crippen molar-refractivity contribution in [2.24, 2.45) is 17.8 Å². The van der Waals surface area contributed by atoms with Crippen molar-refractivity contribution in [3.05, 3.63) is 105 Å². The molecule has 0 unspecified atom stereocenters. The van der Waals surface area contributed by atoms with Crippen LogP contribution >= 0.6 is 0 Å². The number of carbonyl (C=O) groups excluding carboxylic acids is 2. The molecule has 0 saturated heterocycles. The van der Waals surface area contributed by atoms with E-state index in [2.05, 4.69) is 10.1 Å². The minimum absolute atomic E-state index is 0.0930. The number of amides is 2. The number of rotatable bonds is 7. The summed E-state index contributed by atoms with van der Waals surface area (Å²) < 4.78 is 33.1. The van der Waals surface area contributed by atoms with Crippen molar-refractivity contribution in [3.8, 4) is 16.9 Å². The number of halogens is 2. The number of aromatic nitrogens is 4. The van der Waals surface area contributed by atoms with Crippen LogP contribution in [0.3, 0.4) is 0 Å². The van der Waals surface area contributed by atoms with Crippen molar-refractivity contribution in [2.45, 2.75) is 26.8 Å². The number of hydrogen-bond acceptors (Lipinski definition) is 4. The van der Waals surface area contributed by atoms with Gasteiger partial charge in [0, 0.05) is 37.3 Å². The minimum Gasteiger partial charge on any atom is -0.366 e. The van der Waals surface area contributed by atoms with Gasteiger partial charge in [0.05, 0.1) is 22.3 Å². The van der Waals surface area contributed by atoms with Crippen LogP contribution in [0.1, 0.15) is 39.0 Å². The average Bonchev–Trinajstić information content (AvgIpc) is 3.43. The molecule has 0 bridgehead atoms. The third-order valence-corrected chi connectivity index (χ3v) is 6.84. The van der Waals surface area contributed by atoms with Crippen LogP contribution in [-0.2, 0) is 20.0 Å². The van der Waals surface area contributed by atoms with Gasteiger partial charge >= 0.3 is 5.69 Å². The first kappa shape index (κ1) is 27.4. The van der Waals surface area contributed by atoms with Gasteiger partial charge in [0.25, 0.3) is 11.8 Å². The van der Waals surface area contributed by atoms with E-state index in [1.807, 2.05) is 29.7 Å². The second-order valence-corrected chi connectivity index (χ2v) is 9.50. The number of aliphatic imine (C=N–C) groups is 1. The summed E-state index contributed by atoms with van der Waals surface area (Å²) in [5, 5.41) is 4.70. The molecule has 2 heterocycles. The Balaban J connectivity index is 1.49. The monoisotopic (exact) mass is 556 g/mol. The molecule has 208 valence electrons. The molecule has 9 nitrogen and oxygen atoms in total. The Morgan fingerprint density at radius 2 is 1.76 bits per heavy atom. The lowest BCUT2D eigenvalue weighted by molar-refractivity contribution is 0.0990. The molecule has 41 heavy (non-hydrogen) atoms. The normalized spacial score (nSPS) is 11.5. The number of aryl methyl sites for hydroxylation is 3. The molecule has 0 atom stereocenters. The van der Waals surface area contributed by atoms with Crippen LogP contribution in [0.4, 0.5) is 8.78 Å². The lowest BCUT2D eigenvalue weighted by Crippen LogP contribution is -2.21. The summed E-state index contributed by atoms with van der Waals surface area (Å²) in [6.45, 7) is 4.16. The lowest BCUT2D eigenvalue weighted by Gasteiger charge is -2.11.